The molecule has 1 aromatic rings. The Morgan fingerprint density at radius 1 is 1.41 bits per heavy atom. The van der Waals surface area contributed by atoms with Gasteiger partial charge in [0.1, 0.15) is 11.8 Å². The molecule has 0 unspecified atom stereocenters. The van der Waals surface area contributed by atoms with Gasteiger partial charge in [-0.3, -0.25) is 4.90 Å². The van der Waals surface area contributed by atoms with Gasteiger partial charge in [-0.1, -0.05) is 6.07 Å². The van der Waals surface area contributed by atoms with E-state index in [-0.39, 0.29) is 11.5 Å². The van der Waals surface area contributed by atoms with Crippen LogP contribution in [0.4, 0.5) is 0 Å². The van der Waals surface area contributed by atoms with Crippen molar-refractivity contribution < 1.29 is 8.42 Å². The van der Waals surface area contributed by atoms with Gasteiger partial charge in [0.15, 0.2) is 9.84 Å². The third kappa shape index (κ3) is 3.02. The molecule has 1 aromatic heterocycles. The second-order valence-corrected chi connectivity index (χ2v) is 6.35. The van der Waals surface area contributed by atoms with Crippen molar-refractivity contribution in [1.29, 1.82) is 5.26 Å². The molecule has 0 bridgehead atoms. The molecule has 6 heteroatoms. The molecular weight excluding hydrogens is 238 g/mol. The van der Waals surface area contributed by atoms with Gasteiger partial charge in [0, 0.05) is 31.4 Å². The summed E-state index contributed by atoms with van der Waals surface area (Å²) >= 11 is 0. The van der Waals surface area contributed by atoms with Crippen LogP contribution in [0, 0.1) is 11.3 Å². The summed E-state index contributed by atoms with van der Waals surface area (Å²) in [6, 6.07) is 5.69. The normalized spacial score (nSPS) is 19.7. The van der Waals surface area contributed by atoms with Crippen molar-refractivity contribution in [3.63, 3.8) is 0 Å². The molecular formula is C11H13N3O2S. The molecule has 2 heterocycles. The molecule has 1 aliphatic rings. The van der Waals surface area contributed by atoms with Crippen LogP contribution in [-0.4, -0.2) is 42.9 Å². The van der Waals surface area contributed by atoms with Gasteiger partial charge in [-0.05, 0) is 6.07 Å². The number of hydrogen-bond donors (Lipinski definition) is 0. The lowest BCUT2D eigenvalue weighted by Gasteiger charge is -2.26. The van der Waals surface area contributed by atoms with Crippen molar-refractivity contribution in [2.75, 3.05) is 24.6 Å². The molecule has 0 radical (unpaired) electrons. The molecule has 0 aromatic carbocycles. The maximum absolute atomic E-state index is 11.3. The van der Waals surface area contributed by atoms with E-state index in [2.05, 4.69) is 4.98 Å². The van der Waals surface area contributed by atoms with Gasteiger partial charge in [-0.2, -0.15) is 5.26 Å². The number of pyridine rings is 1. The van der Waals surface area contributed by atoms with Gasteiger partial charge in [-0.15, -0.1) is 0 Å². The fraction of sp³-hybridized carbons (Fsp3) is 0.455. The van der Waals surface area contributed by atoms with Gasteiger partial charge in [0.2, 0.25) is 0 Å². The van der Waals surface area contributed by atoms with Crippen LogP contribution in [0.25, 0.3) is 0 Å². The highest BCUT2D eigenvalue weighted by atomic mass is 32.2. The molecule has 0 N–H and O–H groups in total. The number of rotatable bonds is 2. The molecule has 5 nitrogen and oxygen atoms in total. The van der Waals surface area contributed by atoms with Crippen molar-refractivity contribution >= 4 is 9.84 Å². The van der Waals surface area contributed by atoms with E-state index < -0.39 is 9.84 Å². The molecule has 0 saturated carbocycles. The Labute approximate surface area is 101 Å². The van der Waals surface area contributed by atoms with Gasteiger partial charge in [0.25, 0.3) is 0 Å². The third-order valence-corrected chi connectivity index (χ3v) is 4.44. The van der Waals surface area contributed by atoms with E-state index in [0.717, 1.165) is 5.56 Å². The average molecular weight is 251 g/mol. The third-order valence-electron chi connectivity index (χ3n) is 2.83. The van der Waals surface area contributed by atoms with Gasteiger partial charge in [-0.25, -0.2) is 13.4 Å². The zero-order valence-corrected chi connectivity index (χ0v) is 10.2. The molecule has 0 spiro atoms. The summed E-state index contributed by atoms with van der Waals surface area (Å²) in [5.41, 5.74) is 1.27. The standard InChI is InChI=1S/C11H13N3O2S/c12-8-11-10(2-1-3-13-11)9-14-4-6-17(15,16)7-5-14/h1-3H,4-7,9H2. The average Bonchev–Trinajstić information content (AvgIpc) is 2.32. The first-order chi connectivity index (χ1) is 8.11. The van der Waals surface area contributed by atoms with Crippen molar-refractivity contribution in [1.82, 2.24) is 9.88 Å². The molecule has 0 atom stereocenters. The van der Waals surface area contributed by atoms with Crippen LogP contribution in [0.1, 0.15) is 11.3 Å². The molecule has 2 rings (SSSR count). The molecule has 17 heavy (non-hydrogen) atoms. The second kappa shape index (κ2) is 4.82. The first-order valence-corrected chi connectivity index (χ1v) is 7.20. The Morgan fingerprint density at radius 3 is 2.76 bits per heavy atom. The van der Waals surface area contributed by atoms with Gasteiger partial charge < -0.3 is 0 Å². The minimum Gasteiger partial charge on any atom is -0.297 e. The first kappa shape index (κ1) is 12.0. The topological polar surface area (TPSA) is 74.1 Å². The van der Waals surface area contributed by atoms with Crippen LogP contribution in [0.3, 0.4) is 0 Å². The van der Waals surface area contributed by atoms with Crippen LogP contribution in [0.2, 0.25) is 0 Å². The van der Waals surface area contributed by atoms with Crippen LogP contribution in [-0.2, 0) is 16.4 Å². The molecule has 90 valence electrons. The summed E-state index contributed by atoms with van der Waals surface area (Å²) in [6.45, 7) is 1.65. The maximum atomic E-state index is 11.3. The van der Waals surface area contributed by atoms with Gasteiger partial charge >= 0.3 is 0 Å². The van der Waals surface area contributed by atoms with E-state index in [4.69, 9.17) is 5.26 Å². The highest BCUT2D eigenvalue weighted by molar-refractivity contribution is 7.91. The van der Waals surface area contributed by atoms with E-state index in [0.29, 0.717) is 25.3 Å². The van der Waals surface area contributed by atoms with Gasteiger partial charge in [0.05, 0.1) is 11.5 Å². The van der Waals surface area contributed by atoms with E-state index in [1.165, 1.54) is 0 Å². The number of hydrogen-bond acceptors (Lipinski definition) is 5. The Bertz CT molecular complexity index is 534. The van der Waals surface area contributed by atoms with Crippen molar-refractivity contribution in [2.24, 2.45) is 0 Å². The summed E-state index contributed by atoms with van der Waals surface area (Å²) in [7, 11) is -2.85. The largest absolute Gasteiger partial charge is 0.297 e. The molecule has 1 aliphatic heterocycles. The van der Waals surface area contributed by atoms with Crippen molar-refractivity contribution in [2.45, 2.75) is 6.54 Å². The molecule has 1 fully saturated rings. The molecule has 0 amide bonds. The number of nitrogens with zero attached hydrogens (tertiary/aromatic N) is 3. The lowest BCUT2D eigenvalue weighted by atomic mass is 10.2. The zero-order chi connectivity index (χ0) is 12.3. The van der Waals surface area contributed by atoms with E-state index >= 15 is 0 Å². The number of sulfone groups is 1. The van der Waals surface area contributed by atoms with E-state index in [1.54, 1.807) is 12.3 Å². The second-order valence-electron chi connectivity index (χ2n) is 4.05. The SMILES string of the molecule is N#Cc1ncccc1CN1CCS(=O)(=O)CC1. The predicted octanol–water partition coefficient (Wildman–Crippen LogP) is 0.184. The van der Waals surface area contributed by atoms with Crippen LogP contribution in [0.5, 0.6) is 0 Å². The number of nitriles is 1. The highest BCUT2D eigenvalue weighted by Gasteiger charge is 2.22. The summed E-state index contributed by atoms with van der Waals surface area (Å²) in [6.07, 6.45) is 1.59. The Balaban J connectivity index is 2.05. The van der Waals surface area contributed by atoms with Crippen molar-refractivity contribution in [3.8, 4) is 6.07 Å². The van der Waals surface area contributed by atoms with Crippen LogP contribution in [0.15, 0.2) is 18.3 Å². The lowest BCUT2D eigenvalue weighted by Crippen LogP contribution is -2.39. The predicted molar refractivity (Wildman–Crippen MR) is 62.9 cm³/mol. The smallest absolute Gasteiger partial charge is 0.152 e. The Hall–Kier alpha value is -1.45. The summed E-state index contributed by atoms with van der Waals surface area (Å²) in [5, 5.41) is 8.90. The molecule has 1 saturated heterocycles. The fourth-order valence-corrected chi connectivity index (χ4v) is 3.09. The summed E-state index contributed by atoms with van der Waals surface area (Å²) < 4.78 is 22.6. The monoisotopic (exact) mass is 251 g/mol. The lowest BCUT2D eigenvalue weighted by molar-refractivity contribution is 0.287. The minimum atomic E-state index is -2.85. The van der Waals surface area contributed by atoms with Crippen molar-refractivity contribution in [3.05, 3.63) is 29.6 Å². The zero-order valence-electron chi connectivity index (χ0n) is 9.33. The van der Waals surface area contributed by atoms with E-state index in [9.17, 15) is 8.42 Å². The van der Waals surface area contributed by atoms with Crippen LogP contribution < -0.4 is 0 Å². The minimum absolute atomic E-state index is 0.204. The summed E-state index contributed by atoms with van der Waals surface area (Å²) in [4.78, 5) is 6.03. The fourth-order valence-electron chi connectivity index (χ4n) is 1.82. The molecule has 0 aliphatic carbocycles. The quantitative estimate of drug-likeness (QED) is 0.749. The van der Waals surface area contributed by atoms with Crippen LogP contribution >= 0.6 is 0 Å². The maximum Gasteiger partial charge on any atom is 0.152 e. The first-order valence-electron chi connectivity index (χ1n) is 5.37. The number of aromatic nitrogens is 1. The Morgan fingerprint density at radius 2 is 2.12 bits per heavy atom. The summed E-state index contributed by atoms with van der Waals surface area (Å²) in [5.74, 6) is 0.407. The van der Waals surface area contributed by atoms with E-state index in [1.807, 2.05) is 17.0 Å². The highest BCUT2D eigenvalue weighted by Crippen LogP contribution is 2.11. The Kier molecular flexibility index (Phi) is 3.41.